The summed E-state index contributed by atoms with van der Waals surface area (Å²) >= 11 is 0. The van der Waals surface area contributed by atoms with Crippen molar-refractivity contribution in [3.63, 3.8) is 0 Å². The highest BCUT2D eigenvalue weighted by Gasteiger charge is 2.31. The molecular formula is C23H46N4O4. The molecule has 0 radical (unpaired) electrons. The lowest BCUT2D eigenvalue weighted by Gasteiger charge is -2.36. The van der Waals surface area contributed by atoms with Gasteiger partial charge in [0.15, 0.2) is 5.96 Å². The zero-order valence-electron chi connectivity index (χ0n) is 20.9. The highest BCUT2D eigenvalue weighted by atomic mass is 16.6. The Morgan fingerprint density at radius 1 is 1.10 bits per heavy atom. The van der Waals surface area contributed by atoms with Gasteiger partial charge in [-0.2, -0.15) is 0 Å². The molecular weight excluding hydrogens is 396 g/mol. The van der Waals surface area contributed by atoms with Gasteiger partial charge in [-0.3, -0.25) is 4.99 Å². The molecule has 1 heterocycles. The molecule has 182 valence electrons. The van der Waals surface area contributed by atoms with Crippen molar-refractivity contribution < 1.29 is 19.0 Å². The van der Waals surface area contributed by atoms with Crippen molar-refractivity contribution in [1.29, 1.82) is 0 Å². The van der Waals surface area contributed by atoms with Crippen LogP contribution in [0.1, 0.15) is 73.6 Å². The maximum Gasteiger partial charge on any atom is 0.408 e. The van der Waals surface area contributed by atoms with E-state index in [9.17, 15) is 4.79 Å². The number of rotatable bonds is 11. The van der Waals surface area contributed by atoms with Crippen LogP contribution in [-0.4, -0.2) is 80.7 Å². The van der Waals surface area contributed by atoms with Gasteiger partial charge in [0, 0.05) is 40.0 Å². The minimum absolute atomic E-state index is 0.301. The number of carbonyl (C=O) groups is 1. The molecule has 0 aromatic carbocycles. The lowest BCUT2D eigenvalue weighted by molar-refractivity contribution is 0.00984. The lowest BCUT2D eigenvalue weighted by atomic mass is 9.93. The molecule has 8 nitrogen and oxygen atoms in total. The van der Waals surface area contributed by atoms with Crippen LogP contribution in [0.15, 0.2) is 4.99 Å². The Morgan fingerprint density at radius 3 is 2.26 bits per heavy atom. The highest BCUT2D eigenvalue weighted by molar-refractivity contribution is 5.80. The van der Waals surface area contributed by atoms with Crippen LogP contribution in [0.4, 0.5) is 4.79 Å². The van der Waals surface area contributed by atoms with Crippen LogP contribution in [-0.2, 0) is 14.2 Å². The van der Waals surface area contributed by atoms with Crippen LogP contribution in [0.2, 0.25) is 0 Å². The number of methoxy groups -OCH3 is 1. The SMILES string of the molecule is CCNC(=NCC(CC)(CC)NC(=O)OC(C)(C)C)N1CCC(OCCCOC)CC1. The zero-order valence-corrected chi connectivity index (χ0v) is 20.9. The van der Waals surface area contributed by atoms with Crippen molar-refractivity contribution >= 4 is 12.1 Å². The van der Waals surface area contributed by atoms with E-state index in [1.54, 1.807) is 7.11 Å². The number of guanidine groups is 1. The summed E-state index contributed by atoms with van der Waals surface area (Å²) in [6.45, 7) is 16.5. The summed E-state index contributed by atoms with van der Waals surface area (Å²) in [6, 6.07) is 0. The number of hydrogen-bond donors (Lipinski definition) is 2. The maximum absolute atomic E-state index is 12.4. The van der Waals surface area contributed by atoms with Gasteiger partial charge in [0.2, 0.25) is 0 Å². The molecule has 1 rings (SSSR count). The number of hydrogen-bond acceptors (Lipinski definition) is 5. The average molecular weight is 443 g/mol. The molecule has 0 spiro atoms. The first-order chi connectivity index (χ1) is 14.7. The monoisotopic (exact) mass is 442 g/mol. The standard InChI is InChI=1S/C23H46N4O4/c1-8-23(9-2,26-21(28)31-22(4,5)6)18-25-20(24-10-3)27-14-12-19(13-15-27)30-17-11-16-29-7/h19H,8-18H2,1-7H3,(H,24,25)(H,26,28). The molecule has 31 heavy (non-hydrogen) atoms. The fraction of sp³-hybridized carbons (Fsp3) is 0.913. The van der Waals surface area contributed by atoms with Crippen molar-refractivity contribution in [1.82, 2.24) is 15.5 Å². The van der Waals surface area contributed by atoms with Gasteiger partial charge in [-0.15, -0.1) is 0 Å². The van der Waals surface area contributed by atoms with Crippen LogP contribution in [0.25, 0.3) is 0 Å². The van der Waals surface area contributed by atoms with E-state index in [0.717, 1.165) is 70.9 Å². The van der Waals surface area contributed by atoms with E-state index in [1.807, 2.05) is 20.8 Å². The first kappa shape index (κ1) is 27.5. The molecule has 1 amide bonds. The lowest BCUT2D eigenvalue weighted by Crippen LogP contribution is -2.53. The summed E-state index contributed by atoms with van der Waals surface area (Å²) in [5.41, 5.74) is -0.947. The fourth-order valence-corrected chi connectivity index (χ4v) is 3.55. The van der Waals surface area contributed by atoms with E-state index in [-0.39, 0.29) is 6.09 Å². The number of carbonyl (C=O) groups excluding carboxylic acids is 1. The minimum atomic E-state index is -0.522. The molecule has 0 aromatic rings. The molecule has 0 aliphatic carbocycles. The van der Waals surface area contributed by atoms with Crippen LogP contribution in [0.3, 0.4) is 0 Å². The summed E-state index contributed by atoms with van der Waals surface area (Å²) < 4.78 is 16.5. The van der Waals surface area contributed by atoms with E-state index >= 15 is 0 Å². The van der Waals surface area contributed by atoms with Crippen molar-refractivity contribution in [3.8, 4) is 0 Å². The molecule has 1 fully saturated rings. The molecule has 0 saturated carbocycles. The summed E-state index contributed by atoms with van der Waals surface area (Å²) in [6.07, 6.45) is 4.38. The number of nitrogens with one attached hydrogen (secondary N) is 2. The van der Waals surface area contributed by atoms with Crippen molar-refractivity contribution in [2.75, 3.05) is 46.5 Å². The molecule has 1 saturated heterocycles. The number of likely N-dealkylation sites (tertiary alicyclic amines) is 1. The average Bonchev–Trinajstić information content (AvgIpc) is 2.72. The van der Waals surface area contributed by atoms with Crippen LogP contribution in [0, 0.1) is 0 Å². The first-order valence-corrected chi connectivity index (χ1v) is 11.8. The Bertz CT molecular complexity index is 536. The fourth-order valence-electron chi connectivity index (χ4n) is 3.55. The molecule has 0 aromatic heterocycles. The summed E-state index contributed by atoms with van der Waals surface area (Å²) in [4.78, 5) is 19.6. The van der Waals surface area contributed by atoms with Gasteiger partial charge in [-0.1, -0.05) is 13.8 Å². The van der Waals surface area contributed by atoms with Gasteiger partial charge >= 0.3 is 6.09 Å². The molecule has 1 aliphatic rings. The van der Waals surface area contributed by atoms with E-state index in [2.05, 4.69) is 36.3 Å². The predicted molar refractivity (Wildman–Crippen MR) is 126 cm³/mol. The summed E-state index contributed by atoms with van der Waals surface area (Å²) in [7, 11) is 1.72. The van der Waals surface area contributed by atoms with E-state index in [0.29, 0.717) is 12.6 Å². The molecule has 1 aliphatic heterocycles. The van der Waals surface area contributed by atoms with Crippen LogP contribution >= 0.6 is 0 Å². The number of ether oxygens (including phenoxy) is 3. The third-order valence-corrected chi connectivity index (χ3v) is 5.57. The highest BCUT2D eigenvalue weighted by Crippen LogP contribution is 2.19. The second-order valence-corrected chi connectivity index (χ2v) is 9.19. The molecule has 0 bridgehead atoms. The van der Waals surface area contributed by atoms with Crippen LogP contribution < -0.4 is 10.6 Å². The number of nitrogens with zero attached hydrogens (tertiary/aromatic N) is 2. The Kier molecular flexibility index (Phi) is 12.2. The van der Waals surface area contributed by atoms with Crippen LogP contribution in [0.5, 0.6) is 0 Å². The smallest absolute Gasteiger partial charge is 0.408 e. The quantitative estimate of drug-likeness (QED) is 0.289. The van der Waals surface area contributed by atoms with Gasteiger partial charge in [-0.05, 0) is 59.8 Å². The van der Waals surface area contributed by atoms with Gasteiger partial charge in [0.1, 0.15) is 5.60 Å². The van der Waals surface area contributed by atoms with Gasteiger partial charge in [-0.25, -0.2) is 4.79 Å². The number of alkyl carbamates (subject to hydrolysis) is 1. The van der Waals surface area contributed by atoms with Gasteiger partial charge in [0.05, 0.1) is 18.2 Å². The molecule has 0 unspecified atom stereocenters. The zero-order chi connectivity index (χ0) is 23.3. The topological polar surface area (TPSA) is 84.4 Å². The Morgan fingerprint density at radius 2 is 1.74 bits per heavy atom. The first-order valence-electron chi connectivity index (χ1n) is 11.8. The maximum atomic E-state index is 12.4. The number of aliphatic imine (C=N–C) groups is 1. The van der Waals surface area contributed by atoms with E-state index < -0.39 is 11.1 Å². The number of piperidine rings is 1. The van der Waals surface area contributed by atoms with Crippen molar-refractivity contribution in [3.05, 3.63) is 0 Å². The van der Waals surface area contributed by atoms with Gasteiger partial charge < -0.3 is 29.7 Å². The third kappa shape index (κ3) is 10.5. The largest absolute Gasteiger partial charge is 0.444 e. The Balaban J connectivity index is 2.71. The second kappa shape index (κ2) is 13.8. The molecule has 2 N–H and O–H groups in total. The predicted octanol–water partition coefficient (Wildman–Crippen LogP) is 3.55. The Hall–Kier alpha value is -1.54. The van der Waals surface area contributed by atoms with E-state index in [1.165, 1.54) is 0 Å². The third-order valence-electron chi connectivity index (χ3n) is 5.57. The summed E-state index contributed by atoms with van der Waals surface area (Å²) in [5, 5.41) is 6.50. The van der Waals surface area contributed by atoms with Crippen molar-refractivity contribution in [2.24, 2.45) is 4.99 Å². The number of amides is 1. The second-order valence-electron chi connectivity index (χ2n) is 9.19. The normalized spacial score (nSPS) is 16.4. The van der Waals surface area contributed by atoms with Gasteiger partial charge in [0.25, 0.3) is 0 Å². The molecule has 8 heteroatoms. The summed E-state index contributed by atoms with van der Waals surface area (Å²) in [5.74, 6) is 0.901. The minimum Gasteiger partial charge on any atom is -0.444 e. The van der Waals surface area contributed by atoms with E-state index in [4.69, 9.17) is 19.2 Å². The van der Waals surface area contributed by atoms with Crippen molar-refractivity contribution in [2.45, 2.75) is 90.9 Å². The molecule has 0 atom stereocenters. The Labute approximate surface area is 189 Å².